The van der Waals surface area contributed by atoms with Crippen molar-refractivity contribution in [3.8, 4) is 0 Å². The van der Waals surface area contributed by atoms with Crippen molar-refractivity contribution in [3.63, 3.8) is 0 Å². The standard InChI is InChI=1S/C6H5S2/c1-5-2-3-6(4-7)8-5/h2-3H,1H3. The average molecular weight is 141 g/mol. The highest BCUT2D eigenvalue weighted by Gasteiger charge is 1.88. The molecule has 8 heavy (non-hydrogen) atoms. The Balaban J connectivity index is 3.00. The normalized spacial score (nSPS) is 9.12. The lowest BCUT2D eigenvalue weighted by Gasteiger charge is -1.72. The predicted octanol–water partition coefficient (Wildman–Crippen LogP) is 2.28. The molecule has 0 saturated carbocycles. The molecule has 1 radical (unpaired) electrons. The van der Waals surface area contributed by atoms with Gasteiger partial charge in [0, 0.05) is 9.75 Å². The molecule has 0 aliphatic heterocycles. The molecule has 0 spiro atoms. The van der Waals surface area contributed by atoms with E-state index >= 15 is 0 Å². The molecule has 2 heteroatoms. The van der Waals surface area contributed by atoms with Crippen LogP contribution in [-0.4, -0.2) is 5.37 Å². The second-order valence-electron chi connectivity index (χ2n) is 1.51. The second kappa shape index (κ2) is 2.37. The molecule has 0 N–H and O–H groups in total. The van der Waals surface area contributed by atoms with E-state index in [0.717, 1.165) is 4.88 Å². The molecule has 0 aliphatic carbocycles. The van der Waals surface area contributed by atoms with Gasteiger partial charge in [-0.25, -0.2) is 0 Å². The van der Waals surface area contributed by atoms with Crippen LogP contribution in [0.4, 0.5) is 0 Å². The molecule has 1 aromatic rings. The van der Waals surface area contributed by atoms with Crippen molar-refractivity contribution in [2.75, 3.05) is 0 Å². The summed E-state index contributed by atoms with van der Waals surface area (Å²) in [5.41, 5.74) is 0. The quantitative estimate of drug-likeness (QED) is 0.541. The fourth-order valence-electron chi connectivity index (χ4n) is 0.489. The van der Waals surface area contributed by atoms with E-state index in [4.69, 9.17) is 0 Å². The lowest BCUT2D eigenvalue weighted by molar-refractivity contribution is 1.64. The largest absolute Gasteiger partial charge is 0.140 e. The number of thiocarbonyl (C=S) groups is 1. The molecule has 1 heterocycles. The first-order valence-electron chi connectivity index (χ1n) is 2.27. The number of hydrogen-bond acceptors (Lipinski definition) is 2. The molecule has 1 aromatic heterocycles. The fourth-order valence-corrected chi connectivity index (χ4v) is 1.34. The highest BCUT2D eigenvalue weighted by molar-refractivity contribution is 7.79. The first-order valence-corrected chi connectivity index (χ1v) is 3.50. The SMILES string of the molecule is Cc1ccc([C]=S)s1. The molecule has 0 bridgehead atoms. The van der Waals surface area contributed by atoms with Gasteiger partial charge in [-0.3, -0.25) is 0 Å². The Morgan fingerprint density at radius 1 is 1.62 bits per heavy atom. The van der Waals surface area contributed by atoms with E-state index < -0.39 is 0 Å². The van der Waals surface area contributed by atoms with Crippen LogP contribution in [0.2, 0.25) is 0 Å². The van der Waals surface area contributed by atoms with Gasteiger partial charge in [0.2, 0.25) is 0 Å². The zero-order chi connectivity index (χ0) is 5.98. The van der Waals surface area contributed by atoms with E-state index in [0.29, 0.717) is 0 Å². The van der Waals surface area contributed by atoms with E-state index in [2.05, 4.69) is 24.5 Å². The summed E-state index contributed by atoms with van der Waals surface area (Å²) in [6.45, 7) is 2.06. The van der Waals surface area contributed by atoms with Gasteiger partial charge in [0.1, 0.15) is 0 Å². The minimum absolute atomic E-state index is 1.05. The van der Waals surface area contributed by atoms with E-state index in [9.17, 15) is 0 Å². The summed E-state index contributed by atoms with van der Waals surface area (Å²) < 4.78 is 0. The van der Waals surface area contributed by atoms with Crippen molar-refractivity contribution in [2.24, 2.45) is 0 Å². The lowest BCUT2D eigenvalue weighted by Crippen LogP contribution is -1.59. The molecular weight excluding hydrogens is 136 g/mol. The number of hydrogen-bond donors (Lipinski definition) is 0. The molecule has 1 rings (SSSR count). The van der Waals surface area contributed by atoms with E-state index in [-0.39, 0.29) is 0 Å². The smallest absolute Gasteiger partial charge is 0.0744 e. The Labute approximate surface area is 58.2 Å². The van der Waals surface area contributed by atoms with Crippen molar-refractivity contribution in [1.29, 1.82) is 0 Å². The van der Waals surface area contributed by atoms with Crippen LogP contribution < -0.4 is 0 Å². The minimum Gasteiger partial charge on any atom is -0.140 e. The first kappa shape index (κ1) is 5.92. The average Bonchev–Trinajstić information content (AvgIpc) is 2.14. The molecule has 0 saturated heterocycles. The number of rotatable bonds is 1. The van der Waals surface area contributed by atoms with Gasteiger partial charge in [0.15, 0.2) is 0 Å². The molecule has 0 atom stereocenters. The van der Waals surface area contributed by atoms with Gasteiger partial charge in [-0.2, -0.15) is 0 Å². The van der Waals surface area contributed by atoms with Gasteiger partial charge in [0.25, 0.3) is 0 Å². The highest BCUT2D eigenvalue weighted by Crippen LogP contribution is 2.11. The van der Waals surface area contributed by atoms with Crippen LogP contribution in [-0.2, 0) is 0 Å². The molecule has 0 aliphatic rings. The van der Waals surface area contributed by atoms with E-state index in [1.165, 1.54) is 4.88 Å². The summed E-state index contributed by atoms with van der Waals surface area (Å²) in [7, 11) is 0. The Hall–Kier alpha value is -0.210. The first-order chi connectivity index (χ1) is 3.83. The van der Waals surface area contributed by atoms with Gasteiger partial charge in [-0.15, -0.1) is 11.3 Å². The van der Waals surface area contributed by atoms with Crippen LogP contribution in [0.5, 0.6) is 0 Å². The predicted molar refractivity (Wildman–Crippen MR) is 40.8 cm³/mol. The second-order valence-corrected chi connectivity index (χ2v) is 3.00. The van der Waals surface area contributed by atoms with Crippen LogP contribution in [0, 0.1) is 6.92 Å². The summed E-state index contributed by atoms with van der Waals surface area (Å²) in [6, 6.07) is 4.02. The summed E-state index contributed by atoms with van der Waals surface area (Å²) in [6.07, 6.45) is 0. The number of thiophene rings is 1. The van der Waals surface area contributed by atoms with Crippen LogP contribution >= 0.6 is 23.6 Å². The van der Waals surface area contributed by atoms with Gasteiger partial charge in [0.05, 0.1) is 5.37 Å². The van der Waals surface area contributed by atoms with Gasteiger partial charge >= 0.3 is 0 Å². The third-order valence-corrected chi connectivity index (χ3v) is 2.11. The van der Waals surface area contributed by atoms with E-state index in [1.807, 2.05) is 12.1 Å². The monoisotopic (exact) mass is 141 g/mol. The van der Waals surface area contributed by atoms with Crippen molar-refractivity contribution >= 4 is 28.9 Å². The summed E-state index contributed by atoms with van der Waals surface area (Å²) in [5, 5.41) is 2.65. The summed E-state index contributed by atoms with van der Waals surface area (Å²) in [5.74, 6) is 0. The summed E-state index contributed by atoms with van der Waals surface area (Å²) in [4.78, 5) is 2.34. The third kappa shape index (κ3) is 1.14. The number of aryl methyl sites for hydroxylation is 1. The third-order valence-electron chi connectivity index (χ3n) is 0.841. The summed E-state index contributed by atoms with van der Waals surface area (Å²) >= 11 is 6.26. The van der Waals surface area contributed by atoms with Gasteiger partial charge in [-0.1, -0.05) is 12.2 Å². The van der Waals surface area contributed by atoms with Crippen molar-refractivity contribution in [1.82, 2.24) is 0 Å². The lowest BCUT2D eigenvalue weighted by atomic mass is 10.5. The maximum atomic E-state index is 4.59. The molecule has 0 aromatic carbocycles. The Bertz CT molecular complexity index is 188. The fraction of sp³-hybridized carbons (Fsp3) is 0.167. The van der Waals surface area contributed by atoms with Gasteiger partial charge < -0.3 is 0 Å². The van der Waals surface area contributed by atoms with Crippen LogP contribution in [0.15, 0.2) is 12.1 Å². The van der Waals surface area contributed by atoms with Crippen LogP contribution in [0.1, 0.15) is 9.75 Å². The zero-order valence-corrected chi connectivity index (χ0v) is 6.10. The Morgan fingerprint density at radius 2 is 2.38 bits per heavy atom. The maximum absolute atomic E-state index is 4.59. The molecule has 0 amide bonds. The molecular formula is C6H5S2. The molecule has 41 valence electrons. The van der Waals surface area contributed by atoms with Crippen LogP contribution in [0.25, 0.3) is 0 Å². The maximum Gasteiger partial charge on any atom is 0.0744 e. The minimum atomic E-state index is 1.05. The molecule has 0 fully saturated rings. The van der Waals surface area contributed by atoms with Gasteiger partial charge in [-0.05, 0) is 19.1 Å². The highest BCUT2D eigenvalue weighted by atomic mass is 32.1. The van der Waals surface area contributed by atoms with E-state index in [1.54, 1.807) is 11.3 Å². The Morgan fingerprint density at radius 3 is 2.62 bits per heavy atom. The molecule has 0 unspecified atom stereocenters. The molecule has 0 nitrogen and oxygen atoms in total. The zero-order valence-electron chi connectivity index (χ0n) is 4.47. The van der Waals surface area contributed by atoms with Crippen molar-refractivity contribution < 1.29 is 0 Å². The Kier molecular flexibility index (Phi) is 1.76. The van der Waals surface area contributed by atoms with Crippen molar-refractivity contribution in [3.05, 3.63) is 21.9 Å². The van der Waals surface area contributed by atoms with Crippen molar-refractivity contribution in [2.45, 2.75) is 6.92 Å². The van der Waals surface area contributed by atoms with Crippen LogP contribution in [0.3, 0.4) is 0 Å². The topological polar surface area (TPSA) is 0 Å².